The second kappa shape index (κ2) is 5.38. The van der Waals surface area contributed by atoms with E-state index in [0.29, 0.717) is 5.75 Å². The van der Waals surface area contributed by atoms with Crippen molar-refractivity contribution in [2.45, 2.75) is 6.92 Å². The molecule has 0 aliphatic carbocycles. The number of aryl methyl sites for hydroxylation is 1. The fourth-order valence-electron chi connectivity index (χ4n) is 0.764. The van der Waals surface area contributed by atoms with Crippen LogP contribution in [-0.2, 0) is 4.79 Å². The first-order valence-electron chi connectivity index (χ1n) is 3.63. The molecule has 0 aliphatic heterocycles. The van der Waals surface area contributed by atoms with Crippen LogP contribution in [0.15, 0.2) is 36.9 Å². The molecule has 2 nitrogen and oxygen atoms in total. The summed E-state index contributed by atoms with van der Waals surface area (Å²) in [7, 11) is 0. The van der Waals surface area contributed by atoms with Gasteiger partial charge < -0.3 is 4.74 Å². The molecule has 0 atom stereocenters. The largest absolute Gasteiger partial charge is 0.423 e. The molecule has 0 unspecified atom stereocenters. The van der Waals surface area contributed by atoms with Crippen molar-refractivity contribution in [3.05, 3.63) is 42.5 Å². The zero-order valence-corrected chi connectivity index (χ0v) is 8.14. The molecular weight excluding hydrogens is 188 g/mol. The lowest BCUT2D eigenvalue weighted by atomic mass is 10.2. The molecule has 0 aliphatic rings. The Hall–Kier alpha value is -1.28. The first-order valence-corrected chi connectivity index (χ1v) is 3.63. The van der Waals surface area contributed by atoms with Crippen molar-refractivity contribution in [3.8, 4) is 5.75 Å². The Morgan fingerprint density at radius 2 is 1.92 bits per heavy atom. The van der Waals surface area contributed by atoms with E-state index in [-0.39, 0.29) is 12.4 Å². The predicted octanol–water partition coefficient (Wildman–Crippen LogP) is 2.51. The second-order valence-electron chi connectivity index (χ2n) is 2.44. The maximum Gasteiger partial charge on any atom is 0.335 e. The first-order chi connectivity index (χ1) is 5.72. The van der Waals surface area contributed by atoms with Crippen LogP contribution < -0.4 is 4.74 Å². The van der Waals surface area contributed by atoms with Gasteiger partial charge in [0.1, 0.15) is 5.75 Å². The van der Waals surface area contributed by atoms with Crippen LogP contribution in [-0.4, -0.2) is 5.97 Å². The minimum atomic E-state index is -0.432. The molecule has 0 fully saturated rings. The maximum absolute atomic E-state index is 10.7. The molecule has 13 heavy (non-hydrogen) atoms. The minimum absolute atomic E-state index is 0. The number of carbonyl (C=O) groups is 1. The first kappa shape index (κ1) is 11.7. The number of ether oxygens (including phenoxy) is 1. The minimum Gasteiger partial charge on any atom is -0.423 e. The average Bonchev–Trinajstić information content (AvgIpc) is 2.09. The van der Waals surface area contributed by atoms with Gasteiger partial charge in [-0.2, -0.15) is 0 Å². The molecule has 1 aromatic carbocycles. The number of carbonyl (C=O) groups excluding carboxylic acids is 1. The van der Waals surface area contributed by atoms with E-state index in [1.807, 2.05) is 19.1 Å². The van der Waals surface area contributed by atoms with E-state index in [9.17, 15) is 4.79 Å². The SMILES string of the molecule is C=CC(=O)Oc1ccc(C)cc1.Cl. The van der Waals surface area contributed by atoms with Crippen molar-refractivity contribution in [1.29, 1.82) is 0 Å². The lowest BCUT2D eigenvalue weighted by Crippen LogP contribution is -2.02. The van der Waals surface area contributed by atoms with Crippen LogP contribution in [0.25, 0.3) is 0 Å². The molecule has 0 N–H and O–H groups in total. The van der Waals surface area contributed by atoms with Crippen LogP contribution >= 0.6 is 12.4 Å². The van der Waals surface area contributed by atoms with E-state index >= 15 is 0 Å². The van der Waals surface area contributed by atoms with Crippen LogP contribution in [0.1, 0.15) is 5.56 Å². The Bertz CT molecular complexity index is 290. The second-order valence-corrected chi connectivity index (χ2v) is 2.44. The number of halogens is 1. The van der Waals surface area contributed by atoms with Gasteiger partial charge in [-0.05, 0) is 19.1 Å². The standard InChI is InChI=1S/C10H10O2.ClH/c1-3-10(11)12-9-6-4-8(2)5-7-9;/h3-7H,1H2,2H3;1H. The van der Waals surface area contributed by atoms with E-state index in [4.69, 9.17) is 4.74 Å². The van der Waals surface area contributed by atoms with Crippen molar-refractivity contribution in [3.63, 3.8) is 0 Å². The van der Waals surface area contributed by atoms with E-state index in [1.165, 1.54) is 0 Å². The normalized spacial score (nSPS) is 8.38. The highest BCUT2D eigenvalue weighted by Crippen LogP contribution is 2.11. The molecule has 0 heterocycles. The summed E-state index contributed by atoms with van der Waals surface area (Å²) in [5.41, 5.74) is 1.13. The highest BCUT2D eigenvalue weighted by Gasteiger charge is 1.97. The third-order valence-corrected chi connectivity index (χ3v) is 1.41. The summed E-state index contributed by atoms with van der Waals surface area (Å²) in [6.07, 6.45) is 1.14. The number of hydrogen-bond donors (Lipinski definition) is 0. The van der Waals surface area contributed by atoms with E-state index < -0.39 is 5.97 Å². The van der Waals surface area contributed by atoms with Gasteiger partial charge in [0.05, 0.1) is 0 Å². The zero-order chi connectivity index (χ0) is 8.97. The third kappa shape index (κ3) is 3.76. The van der Waals surface area contributed by atoms with Gasteiger partial charge in [0.25, 0.3) is 0 Å². The van der Waals surface area contributed by atoms with Crippen LogP contribution in [0.4, 0.5) is 0 Å². The van der Waals surface area contributed by atoms with Gasteiger partial charge in [-0.1, -0.05) is 24.3 Å². The maximum atomic E-state index is 10.7. The topological polar surface area (TPSA) is 26.3 Å². The predicted molar refractivity (Wildman–Crippen MR) is 54.3 cm³/mol. The lowest BCUT2D eigenvalue weighted by molar-refractivity contribution is -0.128. The van der Waals surface area contributed by atoms with Crippen LogP contribution in [0, 0.1) is 6.92 Å². The Kier molecular flexibility index (Phi) is 4.85. The van der Waals surface area contributed by atoms with Gasteiger partial charge in [0.2, 0.25) is 0 Å². The molecule has 0 radical (unpaired) electrons. The van der Waals surface area contributed by atoms with Gasteiger partial charge in [0, 0.05) is 6.08 Å². The summed E-state index contributed by atoms with van der Waals surface area (Å²) in [5.74, 6) is 0.115. The Balaban J connectivity index is 0.00000144. The van der Waals surface area contributed by atoms with E-state index in [2.05, 4.69) is 6.58 Å². The molecule has 1 aromatic rings. The smallest absolute Gasteiger partial charge is 0.335 e. The summed E-state index contributed by atoms with van der Waals surface area (Å²) in [6.45, 7) is 5.27. The molecule has 70 valence electrons. The van der Waals surface area contributed by atoms with Crippen molar-refractivity contribution in [2.24, 2.45) is 0 Å². The quantitative estimate of drug-likeness (QED) is 0.415. The highest BCUT2D eigenvalue weighted by molar-refractivity contribution is 5.85. The van der Waals surface area contributed by atoms with Crippen molar-refractivity contribution in [1.82, 2.24) is 0 Å². The summed E-state index contributed by atoms with van der Waals surface area (Å²) in [4.78, 5) is 10.7. The third-order valence-electron chi connectivity index (χ3n) is 1.41. The van der Waals surface area contributed by atoms with Gasteiger partial charge in [-0.3, -0.25) is 0 Å². The fraction of sp³-hybridized carbons (Fsp3) is 0.100. The van der Waals surface area contributed by atoms with Crippen LogP contribution in [0.5, 0.6) is 5.75 Å². The number of hydrogen-bond acceptors (Lipinski definition) is 2. The molecule has 0 aromatic heterocycles. The van der Waals surface area contributed by atoms with Crippen LogP contribution in [0.3, 0.4) is 0 Å². The summed E-state index contributed by atoms with van der Waals surface area (Å²) >= 11 is 0. The number of benzene rings is 1. The van der Waals surface area contributed by atoms with E-state index in [0.717, 1.165) is 11.6 Å². The summed E-state index contributed by atoms with van der Waals surface area (Å²) < 4.78 is 4.86. The Morgan fingerprint density at radius 3 is 2.38 bits per heavy atom. The fourth-order valence-corrected chi connectivity index (χ4v) is 0.764. The summed E-state index contributed by atoms with van der Waals surface area (Å²) in [6, 6.07) is 7.25. The number of esters is 1. The zero-order valence-electron chi connectivity index (χ0n) is 7.32. The molecule has 0 amide bonds. The monoisotopic (exact) mass is 198 g/mol. The molecule has 0 spiro atoms. The van der Waals surface area contributed by atoms with Gasteiger partial charge in [0.15, 0.2) is 0 Å². The molecule has 0 saturated carbocycles. The van der Waals surface area contributed by atoms with Gasteiger partial charge in [-0.15, -0.1) is 12.4 Å². The Morgan fingerprint density at radius 1 is 1.38 bits per heavy atom. The molecule has 0 bridgehead atoms. The van der Waals surface area contributed by atoms with Crippen molar-refractivity contribution < 1.29 is 9.53 Å². The van der Waals surface area contributed by atoms with Gasteiger partial charge >= 0.3 is 5.97 Å². The van der Waals surface area contributed by atoms with Crippen molar-refractivity contribution >= 4 is 18.4 Å². The summed E-state index contributed by atoms with van der Waals surface area (Å²) in [5, 5.41) is 0. The average molecular weight is 199 g/mol. The molecule has 0 saturated heterocycles. The van der Waals surface area contributed by atoms with Gasteiger partial charge in [-0.25, -0.2) is 4.79 Å². The van der Waals surface area contributed by atoms with Crippen molar-refractivity contribution in [2.75, 3.05) is 0 Å². The highest BCUT2D eigenvalue weighted by atomic mass is 35.5. The molecular formula is C10H11ClO2. The van der Waals surface area contributed by atoms with E-state index in [1.54, 1.807) is 12.1 Å². The number of rotatable bonds is 2. The molecule has 1 rings (SSSR count). The van der Waals surface area contributed by atoms with Crippen LogP contribution in [0.2, 0.25) is 0 Å². The lowest BCUT2D eigenvalue weighted by Gasteiger charge is -2.00. The Labute approximate surface area is 83.6 Å². The molecule has 3 heteroatoms.